The second-order valence-electron chi connectivity index (χ2n) is 5.40. The molecule has 1 saturated carbocycles. The quantitative estimate of drug-likeness (QED) is 0.862. The lowest BCUT2D eigenvalue weighted by molar-refractivity contribution is 0.0940. The molecule has 0 spiro atoms. The predicted octanol–water partition coefficient (Wildman–Crippen LogP) is 1.05. The molecule has 2 heterocycles. The molecule has 0 radical (unpaired) electrons. The zero-order chi connectivity index (χ0) is 14.3. The summed E-state index contributed by atoms with van der Waals surface area (Å²) in [5.74, 6) is 0.827. The van der Waals surface area contributed by atoms with Crippen molar-refractivity contribution in [2.75, 3.05) is 6.54 Å². The molecule has 3 N–H and O–H groups in total. The van der Waals surface area contributed by atoms with E-state index in [-0.39, 0.29) is 42.6 Å². The van der Waals surface area contributed by atoms with Crippen molar-refractivity contribution >= 4 is 36.5 Å². The van der Waals surface area contributed by atoms with Gasteiger partial charge in [0.15, 0.2) is 0 Å². The van der Waals surface area contributed by atoms with Crippen LogP contribution in [0.15, 0.2) is 6.07 Å². The second kappa shape index (κ2) is 7.21. The highest BCUT2D eigenvalue weighted by Crippen LogP contribution is 2.31. The van der Waals surface area contributed by atoms with Gasteiger partial charge in [0.25, 0.3) is 11.7 Å². The van der Waals surface area contributed by atoms with Crippen molar-refractivity contribution in [2.24, 2.45) is 11.7 Å². The second-order valence-corrected chi connectivity index (χ2v) is 5.40. The van der Waals surface area contributed by atoms with Crippen molar-refractivity contribution in [3.63, 3.8) is 0 Å². The number of fused-ring (bicyclic) bond motifs is 1. The minimum absolute atomic E-state index is 0. The summed E-state index contributed by atoms with van der Waals surface area (Å²) >= 11 is 0. The molecule has 0 aliphatic heterocycles. The van der Waals surface area contributed by atoms with Gasteiger partial charge in [-0.25, -0.2) is 9.50 Å². The molecule has 0 bridgehead atoms. The number of nitrogens with one attached hydrogen (secondary N) is 1. The predicted molar refractivity (Wildman–Crippen MR) is 87.8 cm³/mol. The molecular formula is C13H20Cl2N6O. The third-order valence-corrected chi connectivity index (χ3v) is 3.55. The smallest absolute Gasteiger partial charge is 0.291 e. The van der Waals surface area contributed by atoms with E-state index in [1.54, 1.807) is 4.52 Å². The maximum absolute atomic E-state index is 12.0. The average molecular weight is 347 g/mol. The van der Waals surface area contributed by atoms with E-state index in [9.17, 15) is 4.79 Å². The SMILES string of the molecule is Cc1cc(C)n2nc(C(=O)NCC(N)C3CC3)nc2n1.Cl.Cl. The fourth-order valence-electron chi connectivity index (χ4n) is 2.24. The van der Waals surface area contributed by atoms with Crippen molar-refractivity contribution in [1.82, 2.24) is 24.9 Å². The van der Waals surface area contributed by atoms with E-state index < -0.39 is 0 Å². The van der Waals surface area contributed by atoms with E-state index in [0.29, 0.717) is 18.2 Å². The summed E-state index contributed by atoms with van der Waals surface area (Å²) in [5, 5.41) is 6.97. The molecular weight excluding hydrogens is 327 g/mol. The van der Waals surface area contributed by atoms with Crippen LogP contribution in [0, 0.1) is 19.8 Å². The maximum Gasteiger partial charge on any atom is 0.291 e. The molecule has 1 atom stereocenters. The molecule has 2 aromatic rings. The number of aryl methyl sites for hydroxylation is 2. The Labute approximate surface area is 140 Å². The fraction of sp³-hybridized carbons (Fsp3) is 0.538. The first-order valence-corrected chi connectivity index (χ1v) is 6.79. The molecule has 1 fully saturated rings. The van der Waals surface area contributed by atoms with Gasteiger partial charge in [0.1, 0.15) is 0 Å². The molecule has 1 unspecified atom stereocenters. The molecule has 1 aliphatic carbocycles. The molecule has 0 aromatic carbocycles. The van der Waals surface area contributed by atoms with Gasteiger partial charge in [-0.1, -0.05) is 0 Å². The number of halogens is 2. The van der Waals surface area contributed by atoms with E-state index >= 15 is 0 Å². The third kappa shape index (κ3) is 3.85. The third-order valence-electron chi connectivity index (χ3n) is 3.55. The topological polar surface area (TPSA) is 98.2 Å². The number of carbonyl (C=O) groups is 1. The highest BCUT2D eigenvalue weighted by molar-refractivity contribution is 5.90. The molecule has 0 saturated heterocycles. The Morgan fingerprint density at radius 3 is 2.73 bits per heavy atom. The minimum Gasteiger partial charge on any atom is -0.348 e. The number of nitrogens with zero attached hydrogens (tertiary/aromatic N) is 4. The van der Waals surface area contributed by atoms with Gasteiger partial charge in [0, 0.05) is 24.0 Å². The van der Waals surface area contributed by atoms with Crippen molar-refractivity contribution in [2.45, 2.75) is 32.7 Å². The summed E-state index contributed by atoms with van der Waals surface area (Å²) in [4.78, 5) is 20.4. The van der Waals surface area contributed by atoms with E-state index in [2.05, 4.69) is 20.4 Å². The molecule has 3 rings (SSSR count). The number of hydrogen-bond acceptors (Lipinski definition) is 5. The Hall–Kier alpha value is -1.44. The number of amides is 1. The molecule has 7 nitrogen and oxygen atoms in total. The molecule has 1 amide bonds. The summed E-state index contributed by atoms with van der Waals surface area (Å²) in [7, 11) is 0. The molecule has 2 aromatic heterocycles. The van der Waals surface area contributed by atoms with Crippen LogP contribution in [0.2, 0.25) is 0 Å². The standard InChI is InChI=1S/C13H18N6O.2ClH/c1-7-5-8(2)19-13(16-7)17-11(18-19)12(20)15-6-10(14)9-3-4-9;;/h5,9-10H,3-4,6,14H2,1-2H3,(H,15,20);2*1H. The van der Waals surface area contributed by atoms with Crippen LogP contribution in [0.1, 0.15) is 34.8 Å². The van der Waals surface area contributed by atoms with Crippen LogP contribution in [0.3, 0.4) is 0 Å². The molecule has 9 heteroatoms. The van der Waals surface area contributed by atoms with Crippen LogP contribution in [0.4, 0.5) is 0 Å². The van der Waals surface area contributed by atoms with Crippen LogP contribution in [-0.2, 0) is 0 Å². The first-order valence-electron chi connectivity index (χ1n) is 6.79. The van der Waals surface area contributed by atoms with Crippen molar-refractivity contribution in [1.29, 1.82) is 0 Å². The number of nitrogens with two attached hydrogens (primary N) is 1. The number of aromatic nitrogens is 4. The first-order chi connectivity index (χ1) is 9.54. The lowest BCUT2D eigenvalue weighted by atomic mass is 10.2. The van der Waals surface area contributed by atoms with Crippen LogP contribution >= 0.6 is 24.8 Å². The van der Waals surface area contributed by atoms with Gasteiger partial charge >= 0.3 is 0 Å². The van der Waals surface area contributed by atoms with Crippen molar-refractivity contribution < 1.29 is 4.79 Å². The van der Waals surface area contributed by atoms with Gasteiger partial charge in [-0.15, -0.1) is 29.9 Å². The summed E-state index contributed by atoms with van der Waals surface area (Å²) in [6.07, 6.45) is 2.32. The lowest BCUT2D eigenvalue weighted by Gasteiger charge is -2.09. The Kier molecular flexibility index (Phi) is 6.10. The Morgan fingerprint density at radius 1 is 1.41 bits per heavy atom. The van der Waals surface area contributed by atoms with Gasteiger partial charge in [0.05, 0.1) is 0 Å². The summed E-state index contributed by atoms with van der Waals surface area (Å²) < 4.78 is 1.57. The van der Waals surface area contributed by atoms with Gasteiger partial charge in [-0.3, -0.25) is 4.79 Å². The molecule has 22 heavy (non-hydrogen) atoms. The van der Waals surface area contributed by atoms with Crippen molar-refractivity contribution in [3.05, 3.63) is 23.3 Å². The van der Waals surface area contributed by atoms with Crippen LogP contribution in [0.25, 0.3) is 5.78 Å². The number of rotatable bonds is 4. The monoisotopic (exact) mass is 346 g/mol. The van der Waals surface area contributed by atoms with Crippen molar-refractivity contribution in [3.8, 4) is 0 Å². The average Bonchev–Trinajstić information content (AvgIpc) is 3.15. The van der Waals surface area contributed by atoms with Gasteiger partial charge < -0.3 is 11.1 Å². The Morgan fingerprint density at radius 2 is 2.09 bits per heavy atom. The highest BCUT2D eigenvalue weighted by atomic mass is 35.5. The number of carbonyl (C=O) groups excluding carboxylic acids is 1. The summed E-state index contributed by atoms with van der Waals surface area (Å²) in [6.45, 7) is 4.25. The van der Waals surface area contributed by atoms with Crippen LogP contribution in [-0.4, -0.2) is 38.1 Å². The van der Waals surface area contributed by atoms with E-state index in [1.165, 1.54) is 0 Å². The Balaban J connectivity index is 0.00000121. The highest BCUT2D eigenvalue weighted by Gasteiger charge is 2.28. The summed E-state index contributed by atoms with van der Waals surface area (Å²) in [5.41, 5.74) is 7.70. The van der Waals surface area contributed by atoms with Gasteiger partial charge in [-0.05, 0) is 38.7 Å². The van der Waals surface area contributed by atoms with Crippen LogP contribution in [0.5, 0.6) is 0 Å². The summed E-state index contributed by atoms with van der Waals surface area (Å²) in [6, 6.07) is 1.92. The zero-order valence-electron chi connectivity index (χ0n) is 12.4. The largest absolute Gasteiger partial charge is 0.348 e. The van der Waals surface area contributed by atoms with Gasteiger partial charge in [-0.2, -0.15) is 4.98 Å². The normalized spacial score (nSPS) is 14.9. The fourth-order valence-corrected chi connectivity index (χ4v) is 2.24. The molecule has 122 valence electrons. The lowest BCUT2D eigenvalue weighted by Crippen LogP contribution is -2.38. The zero-order valence-corrected chi connectivity index (χ0v) is 14.1. The van der Waals surface area contributed by atoms with Gasteiger partial charge in [0.2, 0.25) is 5.82 Å². The van der Waals surface area contributed by atoms with Crippen LogP contribution < -0.4 is 11.1 Å². The first kappa shape index (κ1) is 18.6. The minimum atomic E-state index is -0.302. The van der Waals surface area contributed by atoms with E-state index in [4.69, 9.17) is 5.73 Å². The van der Waals surface area contributed by atoms with E-state index in [1.807, 2.05) is 19.9 Å². The molecule has 1 aliphatic rings. The Bertz CT molecular complexity index is 670. The van der Waals surface area contributed by atoms with E-state index in [0.717, 1.165) is 24.2 Å². The maximum atomic E-state index is 12.0. The number of hydrogen-bond donors (Lipinski definition) is 2.